The van der Waals surface area contributed by atoms with Crippen LogP contribution in [0.2, 0.25) is 0 Å². The molecule has 22 heavy (non-hydrogen) atoms. The highest BCUT2D eigenvalue weighted by atomic mass is 35.5. The van der Waals surface area contributed by atoms with E-state index in [1.807, 2.05) is 6.07 Å². The van der Waals surface area contributed by atoms with Gasteiger partial charge in [-0.3, -0.25) is 4.90 Å². The second-order valence-electron chi connectivity index (χ2n) is 6.31. The molecule has 124 valence electrons. The van der Waals surface area contributed by atoms with Gasteiger partial charge in [-0.05, 0) is 52.3 Å². The summed E-state index contributed by atoms with van der Waals surface area (Å²) < 4.78 is 0. The number of aryl methyl sites for hydroxylation is 2. The molecule has 2 saturated heterocycles. The van der Waals surface area contributed by atoms with Crippen LogP contribution in [0.25, 0.3) is 0 Å². The first-order valence-electron chi connectivity index (χ1n) is 8.24. The summed E-state index contributed by atoms with van der Waals surface area (Å²) in [6, 6.07) is 2.78. The maximum atomic E-state index is 4.60. The summed E-state index contributed by atoms with van der Waals surface area (Å²) in [6.45, 7) is 11.0. The lowest BCUT2D eigenvalue weighted by Crippen LogP contribution is -2.46. The summed E-state index contributed by atoms with van der Waals surface area (Å²) in [5.41, 5.74) is 2.14. The summed E-state index contributed by atoms with van der Waals surface area (Å²) in [6.07, 6.45) is 3.74. The molecule has 1 N–H and O–H groups in total. The Morgan fingerprint density at radius 1 is 1.00 bits per heavy atom. The van der Waals surface area contributed by atoms with Gasteiger partial charge in [0.1, 0.15) is 0 Å². The zero-order valence-electron chi connectivity index (χ0n) is 13.7. The molecule has 3 rings (SSSR count). The predicted octanol–water partition coefficient (Wildman–Crippen LogP) is 1.78. The van der Waals surface area contributed by atoms with Gasteiger partial charge in [0.25, 0.3) is 0 Å². The number of hydrogen-bond donors (Lipinski definition) is 1. The molecule has 0 spiro atoms. The van der Waals surface area contributed by atoms with Crippen molar-refractivity contribution >= 4 is 18.4 Å². The van der Waals surface area contributed by atoms with Gasteiger partial charge in [-0.25, -0.2) is 9.97 Å². The normalized spacial score (nSPS) is 21.3. The second kappa shape index (κ2) is 8.09. The molecule has 2 aliphatic rings. The summed E-state index contributed by atoms with van der Waals surface area (Å²) in [4.78, 5) is 14.2. The number of hydrogen-bond acceptors (Lipinski definition) is 5. The zero-order valence-corrected chi connectivity index (χ0v) is 14.5. The molecule has 3 heterocycles. The van der Waals surface area contributed by atoms with Gasteiger partial charge in [0.05, 0.1) is 0 Å². The van der Waals surface area contributed by atoms with E-state index in [0.717, 1.165) is 43.0 Å². The fourth-order valence-electron chi connectivity index (χ4n) is 3.51. The van der Waals surface area contributed by atoms with Gasteiger partial charge in [-0.1, -0.05) is 0 Å². The standard InChI is InChI=1S/C16H27N5.ClH/c1-13-12-14(2)19-16(18-13)21-9-4-15(5-10-21)20-8-3-6-17-7-11-20;/h12,15,17H,3-11H2,1-2H3;1H. The predicted molar refractivity (Wildman–Crippen MR) is 93.0 cm³/mol. The lowest BCUT2D eigenvalue weighted by atomic mass is 10.0. The topological polar surface area (TPSA) is 44.3 Å². The molecule has 5 nitrogen and oxygen atoms in total. The number of anilines is 1. The summed E-state index contributed by atoms with van der Waals surface area (Å²) in [5.74, 6) is 0.920. The third kappa shape index (κ3) is 4.31. The van der Waals surface area contributed by atoms with Crippen molar-refractivity contribution in [2.24, 2.45) is 0 Å². The third-order valence-corrected chi connectivity index (χ3v) is 4.61. The van der Waals surface area contributed by atoms with Crippen molar-refractivity contribution in [3.63, 3.8) is 0 Å². The highest BCUT2D eigenvalue weighted by Crippen LogP contribution is 2.21. The summed E-state index contributed by atoms with van der Waals surface area (Å²) >= 11 is 0. The van der Waals surface area contributed by atoms with E-state index in [2.05, 4.69) is 38.9 Å². The highest BCUT2D eigenvalue weighted by Gasteiger charge is 2.26. The molecule has 0 aromatic carbocycles. The Morgan fingerprint density at radius 3 is 2.36 bits per heavy atom. The maximum Gasteiger partial charge on any atom is 0.225 e. The minimum absolute atomic E-state index is 0. The molecule has 0 amide bonds. The van der Waals surface area contributed by atoms with Crippen LogP contribution in [-0.4, -0.2) is 60.2 Å². The molecule has 1 aromatic rings. The number of aromatic nitrogens is 2. The number of piperidine rings is 1. The first kappa shape index (κ1) is 17.4. The van der Waals surface area contributed by atoms with Gasteiger partial charge >= 0.3 is 0 Å². The summed E-state index contributed by atoms with van der Waals surface area (Å²) in [7, 11) is 0. The van der Waals surface area contributed by atoms with E-state index in [1.165, 1.54) is 38.9 Å². The molecule has 0 bridgehead atoms. The third-order valence-electron chi connectivity index (χ3n) is 4.61. The van der Waals surface area contributed by atoms with Crippen LogP contribution in [0.15, 0.2) is 6.07 Å². The zero-order chi connectivity index (χ0) is 14.7. The molecule has 2 aliphatic heterocycles. The van der Waals surface area contributed by atoms with Gasteiger partial charge in [0, 0.05) is 43.6 Å². The average molecular weight is 326 g/mol. The van der Waals surface area contributed by atoms with Crippen LogP contribution in [0, 0.1) is 13.8 Å². The molecular formula is C16H28ClN5. The Balaban J connectivity index is 0.00000176. The van der Waals surface area contributed by atoms with E-state index in [4.69, 9.17) is 0 Å². The fourth-order valence-corrected chi connectivity index (χ4v) is 3.51. The van der Waals surface area contributed by atoms with E-state index < -0.39 is 0 Å². The Morgan fingerprint density at radius 2 is 1.68 bits per heavy atom. The largest absolute Gasteiger partial charge is 0.341 e. The SMILES string of the molecule is Cc1cc(C)nc(N2CCC(N3CCCNCC3)CC2)n1.Cl. The van der Waals surface area contributed by atoms with Crippen molar-refractivity contribution in [2.45, 2.75) is 39.2 Å². The van der Waals surface area contributed by atoms with E-state index in [-0.39, 0.29) is 12.4 Å². The Kier molecular flexibility index (Phi) is 6.41. The summed E-state index contributed by atoms with van der Waals surface area (Å²) in [5, 5.41) is 3.49. The van der Waals surface area contributed by atoms with Gasteiger partial charge < -0.3 is 10.2 Å². The highest BCUT2D eigenvalue weighted by molar-refractivity contribution is 5.85. The lowest BCUT2D eigenvalue weighted by Gasteiger charge is -2.38. The molecule has 0 aliphatic carbocycles. The van der Waals surface area contributed by atoms with Gasteiger partial charge in [-0.15, -0.1) is 12.4 Å². The van der Waals surface area contributed by atoms with Crippen molar-refractivity contribution in [3.8, 4) is 0 Å². The molecule has 1 aromatic heterocycles. The van der Waals surface area contributed by atoms with Crippen LogP contribution in [0.1, 0.15) is 30.7 Å². The van der Waals surface area contributed by atoms with Crippen LogP contribution < -0.4 is 10.2 Å². The minimum atomic E-state index is 0. The maximum absolute atomic E-state index is 4.60. The lowest BCUT2D eigenvalue weighted by molar-refractivity contribution is 0.179. The second-order valence-corrected chi connectivity index (χ2v) is 6.31. The molecule has 6 heteroatoms. The smallest absolute Gasteiger partial charge is 0.225 e. The fraction of sp³-hybridized carbons (Fsp3) is 0.750. The monoisotopic (exact) mass is 325 g/mol. The van der Waals surface area contributed by atoms with Gasteiger partial charge in [0.2, 0.25) is 5.95 Å². The van der Waals surface area contributed by atoms with E-state index in [1.54, 1.807) is 0 Å². The number of halogens is 1. The molecule has 0 atom stereocenters. The number of nitrogens with one attached hydrogen (secondary N) is 1. The molecule has 0 saturated carbocycles. The van der Waals surface area contributed by atoms with Crippen LogP contribution in [-0.2, 0) is 0 Å². The first-order chi connectivity index (χ1) is 10.2. The van der Waals surface area contributed by atoms with Crippen LogP contribution in [0.4, 0.5) is 5.95 Å². The molecular weight excluding hydrogens is 298 g/mol. The average Bonchev–Trinajstić information content (AvgIpc) is 2.75. The van der Waals surface area contributed by atoms with Gasteiger partial charge in [0.15, 0.2) is 0 Å². The van der Waals surface area contributed by atoms with Crippen molar-refractivity contribution in [1.82, 2.24) is 20.2 Å². The molecule has 0 unspecified atom stereocenters. The van der Waals surface area contributed by atoms with Crippen LogP contribution in [0.5, 0.6) is 0 Å². The van der Waals surface area contributed by atoms with Crippen LogP contribution in [0.3, 0.4) is 0 Å². The van der Waals surface area contributed by atoms with Crippen molar-refractivity contribution in [1.29, 1.82) is 0 Å². The minimum Gasteiger partial charge on any atom is -0.341 e. The van der Waals surface area contributed by atoms with Crippen molar-refractivity contribution < 1.29 is 0 Å². The van der Waals surface area contributed by atoms with Crippen molar-refractivity contribution in [3.05, 3.63) is 17.5 Å². The molecule has 2 fully saturated rings. The number of nitrogens with zero attached hydrogens (tertiary/aromatic N) is 4. The Labute approximate surface area is 139 Å². The van der Waals surface area contributed by atoms with Gasteiger partial charge in [-0.2, -0.15) is 0 Å². The van der Waals surface area contributed by atoms with E-state index in [0.29, 0.717) is 0 Å². The van der Waals surface area contributed by atoms with E-state index in [9.17, 15) is 0 Å². The Hall–Kier alpha value is -0.910. The Bertz CT molecular complexity index is 445. The van der Waals surface area contributed by atoms with Crippen LogP contribution >= 0.6 is 12.4 Å². The number of rotatable bonds is 2. The van der Waals surface area contributed by atoms with Crippen molar-refractivity contribution in [2.75, 3.05) is 44.2 Å². The van der Waals surface area contributed by atoms with E-state index >= 15 is 0 Å². The quantitative estimate of drug-likeness (QED) is 0.898. The first-order valence-corrected chi connectivity index (χ1v) is 8.24. The molecule has 0 radical (unpaired) electrons.